The van der Waals surface area contributed by atoms with Crippen LogP contribution in [0.3, 0.4) is 0 Å². The molecule has 2 rings (SSSR count). The summed E-state index contributed by atoms with van der Waals surface area (Å²) in [7, 11) is -3.45. The first-order chi connectivity index (χ1) is 12.6. The lowest BCUT2D eigenvalue weighted by Crippen LogP contribution is -2.51. The Morgan fingerprint density at radius 3 is 2.44 bits per heavy atom. The summed E-state index contributed by atoms with van der Waals surface area (Å²) in [5.74, 6) is -0.349. The van der Waals surface area contributed by atoms with Crippen LogP contribution in [-0.2, 0) is 32.7 Å². The molecule has 1 amide bonds. The fourth-order valence-electron chi connectivity index (χ4n) is 2.91. The summed E-state index contributed by atoms with van der Waals surface area (Å²) in [5.41, 5.74) is 1.34. The fraction of sp³-hybridized carbons (Fsp3) is 0.588. The molecule has 27 heavy (non-hydrogen) atoms. The van der Waals surface area contributed by atoms with E-state index < -0.39 is 28.8 Å². The number of amides is 1. The van der Waals surface area contributed by atoms with Crippen LogP contribution in [0.15, 0.2) is 24.3 Å². The Bertz CT molecular complexity index is 736. The first-order valence-corrected chi connectivity index (χ1v) is 10.4. The molecular weight excluding hydrogens is 385 g/mol. The van der Waals surface area contributed by atoms with Gasteiger partial charge in [-0.05, 0) is 24.0 Å². The van der Waals surface area contributed by atoms with Crippen molar-refractivity contribution in [2.75, 3.05) is 19.4 Å². The van der Waals surface area contributed by atoms with E-state index in [4.69, 9.17) is 0 Å². The van der Waals surface area contributed by atoms with Gasteiger partial charge in [-0.25, -0.2) is 8.42 Å². The summed E-state index contributed by atoms with van der Waals surface area (Å²) in [6.07, 6.45) is -1.26. The average molecular weight is 408 g/mol. The van der Waals surface area contributed by atoms with Gasteiger partial charge in [0.05, 0.1) is 12.9 Å². The van der Waals surface area contributed by atoms with Crippen molar-refractivity contribution in [2.45, 2.75) is 44.6 Å². The molecule has 0 radical (unpaired) electrons. The lowest BCUT2D eigenvalue weighted by Gasteiger charge is -2.32. The number of hydrogen-bond acceptors (Lipinski definition) is 4. The maximum atomic E-state index is 12.4. The molecule has 0 aromatic heterocycles. The quantitative estimate of drug-likeness (QED) is 0.751. The maximum Gasteiger partial charge on any atom is 0.411 e. The van der Waals surface area contributed by atoms with Crippen LogP contribution in [0.4, 0.5) is 13.2 Å². The van der Waals surface area contributed by atoms with E-state index in [2.05, 4.69) is 10.1 Å². The van der Waals surface area contributed by atoms with E-state index >= 15 is 0 Å². The predicted molar refractivity (Wildman–Crippen MR) is 93.2 cm³/mol. The summed E-state index contributed by atoms with van der Waals surface area (Å²) in [6, 6.07) is 5.91. The molecule has 1 heterocycles. The second-order valence-corrected chi connectivity index (χ2v) is 8.46. The first kappa shape index (κ1) is 21.6. The van der Waals surface area contributed by atoms with Gasteiger partial charge in [0.2, 0.25) is 15.9 Å². The van der Waals surface area contributed by atoms with Crippen LogP contribution in [0.5, 0.6) is 0 Å². The summed E-state index contributed by atoms with van der Waals surface area (Å²) in [4.78, 5) is 12.4. The molecular formula is C17H23F3N2O4S. The molecule has 0 saturated carbocycles. The molecule has 1 fully saturated rings. The molecule has 1 N–H and O–H groups in total. The largest absolute Gasteiger partial charge is 0.411 e. The zero-order valence-electron chi connectivity index (χ0n) is 15.0. The number of nitrogens with zero attached hydrogens (tertiary/aromatic N) is 1. The van der Waals surface area contributed by atoms with Crippen LogP contribution >= 0.6 is 0 Å². The number of benzene rings is 1. The first-order valence-electron chi connectivity index (χ1n) is 8.53. The van der Waals surface area contributed by atoms with Gasteiger partial charge < -0.3 is 10.1 Å². The predicted octanol–water partition coefficient (Wildman–Crippen LogP) is 2.20. The van der Waals surface area contributed by atoms with Crippen LogP contribution in [0.1, 0.15) is 30.4 Å². The van der Waals surface area contributed by atoms with Gasteiger partial charge >= 0.3 is 6.18 Å². The van der Waals surface area contributed by atoms with Crippen molar-refractivity contribution in [3.05, 3.63) is 35.4 Å². The number of sulfonamides is 1. The van der Waals surface area contributed by atoms with Gasteiger partial charge in [-0.1, -0.05) is 30.7 Å². The number of halogens is 3. The number of carbonyl (C=O) groups excluding carboxylic acids is 1. The highest BCUT2D eigenvalue weighted by molar-refractivity contribution is 7.88. The zero-order valence-corrected chi connectivity index (χ0v) is 15.8. The highest BCUT2D eigenvalue weighted by Crippen LogP contribution is 2.20. The Hall–Kier alpha value is -1.65. The summed E-state index contributed by atoms with van der Waals surface area (Å²) >= 11 is 0. The summed E-state index contributed by atoms with van der Waals surface area (Å²) < 4.78 is 65.6. The molecule has 152 valence electrons. The van der Waals surface area contributed by atoms with Crippen molar-refractivity contribution >= 4 is 15.9 Å². The maximum absolute atomic E-state index is 12.4. The normalized spacial score (nSPS) is 19.0. The number of nitrogens with one attached hydrogen (secondary N) is 1. The molecule has 0 aliphatic carbocycles. The van der Waals surface area contributed by atoms with E-state index in [1.807, 2.05) is 0 Å². The van der Waals surface area contributed by atoms with Crippen molar-refractivity contribution in [3.8, 4) is 0 Å². The third kappa shape index (κ3) is 7.11. The molecule has 1 saturated heterocycles. The molecule has 1 unspecified atom stereocenters. The van der Waals surface area contributed by atoms with E-state index in [0.29, 0.717) is 18.5 Å². The van der Waals surface area contributed by atoms with E-state index in [0.717, 1.165) is 24.7 Å². The second kappa shape index (κ2) is 9.03. The Morgan fingerprint density at radius 2 is 1.85 bits per heavy atom. The van der Waals surface area contributed by atoms with Gasteiger partial charge in [0.25, 0.3) is 0 Å². The third-order valence-corrected chi connectivity index (χ3v) is 5.50. The Balaban J connectivity index is 1.86. The van der Waals surface area contributed by atoms with E-state index in [9.17, 15) is 26.4 Å². The zero-order chi connectivity index (χ0) is 20.1. The number of piperidine rings is 1. The van der Waals surface area contributed by atoms with E-state index in [-0.39, 0.29) is 19.1 Å². The SMILES string of the molecule is CS(=O)(=O)N1CCCCC1C(=O)NCc1ccc(COCC(F)(F)F)cc1. The minimum atomic E-state index is -4.36. The highest BCUT2D eigenvalue weighted by atomic mass is 32.2. The number of carbonyl (C=O) groups is 1. The smallest absolute Gasteiger partial charge is 0.367 e. The Kier molecular flexibility index (Phi) is 7.24. The molecule has 1 aliphatic rings. The van der Waals surface area contributed by atoms with Crippen molar-refractivity contribution in [1.82, 2.24) is 9.62 Å². The highest BCUT2D eigenvalue weighted by Gasteiger charge is 2.34. The van der Waals surface area contributed by atoms with Gasteiger partial charge in [0.1, 0.15) is 12.6 Å². The molecule has 6 nitrogen and oxygen atoms in total. The molecule has 1 atom stereocenters. The van der Waals surface area contributed by atoms with Gasteiger partial charge in [-0.2, -0.15) is 17.5 Å². The number of alkyl halides is 3. The summed E-state index contributed by atoms with van der Waals surface area (Å²) in [5, 5.41) is 2.73. The average Bonchev–Trinajstić information content (AvgIpc) is 2.59. The van der Waals surface area contributed by atoms with Crippen molar-refractivity contribution in [2.24, 2.45) is 0 Å². The standard InChI is InChI=1S/C17H23F3N2O4S/c1-27(24,25)22-9-3-2-4-15(22)16(23)21-10-13-5-7-14(8-6-13)11-26-12-17(18,19)20/h5-8,15H,2-4,9-12H2,1H3,(H,21,23). The van der Waals surface area contributed by atoms with Crippen LogP contribution in [0.25, 0.3) is 0 Å². The van der Waals surface area contributed by atoms with Gasteiger partial charge in [-0.15, -0.1) is 0 Å². The number of hydrogen-bond donors (Lipinski definition) is 1. The fourth-order valence-corrected chi connectivity index (χ4v) is 4.03. The minimum absolute atomic E-state index is 0.155. The topological polar surface area (TPSA) is 75.7 Å². The minimum Gasteiger partial charge on any atom is -0.367 e. The van der Waals surface area contributed by atoms with Crippen LogP contribution in [0.2, 0.25) is 0 Å². The van der Waals surface area contributed by atoms with E-state index in [1.54, 1.807) is 24.3 Å². The van der Waals surface area contributed by atoms with Gasteiger partial charge in [-0.3, -0.25) is 4.79 Å². The Labute approximate surface area is 156 Å². The molecule has 1 aromatic carbocycles. The van der Waals surface area contributed by atoms with Crippen LogP contribution < -0.4 is 5.32 Å². The monoisotopic (exact) mass is 408 g/mol. The van der Waals surface area contributed by atoms with Crippen molar-refractivity contribution in [1.29, 1.82) is 0 Å². The molecule has 10 heteroatoms. The number of ether oxygens (including phenoxy) is 1. The van der Waals surface area contributed by atoms with Crippen LogP contribution in [0, 0.1) is 0 Å². The molecule has 0 spiro atoms. The Morgan fingerprint density at radius 1 is 1.22 bits per heavy atom. The van der Waals surface area contributed by atoms with E-state index in [1.165, 1.54) is 4.31 Å². The number of rotatable bonds is 7. The molecule has 0 bridgehead atoms. The lowest BCUT2D eigenvalue weighted by atomic mass is 10.0. The molecule has 1 aromatic rings. The lowest BCUT2D eigenvalue weighted by molar-refractivity contribution is -0.176. The van der Waals surface area contributed by atoms with Crippen molar-refractivity contribution in [3.63, 3.8) is 0 Å². The van der Waals surface area contributed by atoms with Gasteiger partial charge in [0.15, 0.2) is 0 Å². The summed E-state index contributed by atoms with van der Waals surface area (Å²) in [6.45, 7) is -0.916. The second-order valence-electron chi connectivity index (χ2n) is 6.53. The third-order valence-electron chi connectivity index (χ3n) is 4.21. The van der Waals surface area contributed by atoms with Crippen LogP contribution in [-0.4, -0.2) is 50.3 Å². The molecule has 1 aliphatic heterocycles. The van der Waals surface area contributed by atoms with Gasteiger partial charge in [0, 0.05) is 13.1 Å². The van der Waals surface area contributed by atoms with Crippen molar-refractivity contribution < 1.29 is 31.1 Å².